The summed E-state index contributed by atoms with van der Waals surface area (Å²) in [5.74, 6) is 0.656. The second-order valence-corrected chi connectivity index (χ2v) is 5.95. The molecule has 0 amide bonds. The normalized spacial score (nSPS) is 26.2. The fourth-order valence-corrected chi connectivity index (χ4v) is 2.50. The molecule has 18 heavy (non-hydrogen) atoms. The van der Waals surface area contributed by atoms with E-state index in [4.69, 9.17) is 9.47 Å². The molecule has 0 aromatic heterocycles. The van der Waals surface area contributed by atoms with Crippen molar-refractivity contribution in [2.24, 2.45) is 5.92 Å². The summed E-state index contributed by atoms with van der Waals surface area (Å²) in [5.41, 5.74) is 0. The predicted molar refractivity (Wildman–Crippen MR) is 70.6 cm³/mol. The molecule has 1 N–H and O–H groups in total. The first-order valence-corrected chi connectivity index (χ1v) is 7.26. The van der Waals surface area contributed by atoms with Gasteiger partial charge in [0, 0.05) is 25.7 Å². The van der Waals surface area contributed by atoms with Gasteiger partial charge in [-0.3, -0.25) is 4.90 Å². The van der Waals surface area contributed by atoms with E-state index in [9.17, 15) is 5.11 Å². The summed E-state index contributed by atoms with van der Waals surface area (Å²) in [6, 6.07) is 0.694. The summed E-state index contributed by atoms with van der Waals surface area (Å²) in [5, 5.41) is 10.0. The third-order valence-electron chi connectivity index (χ3n) is 3.65. The van der Waals surface area contributed by atoms with Gasteiger partial charge >= 0.3 is 0 Å². The minimum Gasteiger partial charge on any atom is -0.389 e. The van der Waals surface area contributed by atoms with Crippen LogP contribution in [0.25, 0.3) is 0 Å². The van der Waals surface area contributed by atoms with Crippen molar-refractivity contribution < 1.29 is 14.6 Å². The van der Waals surface area contributed by atoms with Crippen LogP contribution in [0, 0.1) is 5.92 Å². The van der Waals surface area contributed by atoms with E-state index >= 15 is 0 Å². The van der Waals surface area contributed by atoms with Gasteiger partial charge in [0.25, 0.3) is 0 Å². The van der Waals surface area contributed by atoms with Crippen molar-refractivity contribution in [3.63, 3.8) is 0 Å². The van der Waals surface area contributed by atoms with Crippen molar-refractivity contribution in [1.29, 1.82) is 0 Å². The fourth-order valence-electron chi connectivity index (χ4n) is 2.50. The predicted octanol–water partition coefficient (Wildman–Crippen LogP) is 1.27. The monoisotopic (exact) mass is 257 g/mol. The van der Waals surface area contributed by atoms with Crippen LogP contribution in [-0.2, 0) is 9.47 Å². The van der Waals surface area contributed by atoms with Crippen LogP contribution in [0.1, 0.15) is 33.1 Å². The summed E-state index contributed by atoms with van der Waals surface area (Å²) >= 11 is 0. The minimum absolute atomic E-state index is 0.192. The molecule has 2 atom stereocenters. The maximum atomic E-state index is 10.0. The van der Waals surface area contributed by atoms with Crippen LogP contribution < -0.4 is 0 Å². The van der Waals surface area contributed by atoms with Crippen molar-refractivity contribution in [3.05, 3.63) is 0 Å². The number of aliphatic hydroxyl groups is 1. The Kier molecular flexibility index (Phi) is 5.42. The average molecular weight is 257 g/mol. The van der Waals surface area contributed by atoms with E-state index in [0.717, 1.165) is 26.3 Å². The SMILES string of the molecule is CC(C)OCC(O)CN(CC1CCOC1)C1CC1. The number of rotatable bonds is 8. The number of hydrogen-bond acceptors (Lipinski definition) is 4. The molecular formula is C14H27NO3. The number of nitrogens with zero attached hydrogens (tertiary/aromatic N) is 1. The largest absolute Gasteiger partial charge is 0.389 e. The Bertz CT molecular complexity index is 237. The van der Waals surface area contributed by atoms with Crippen LogP contribution in [0.4, 0.5) is 0 Å². The van der Waals surface area contributed by atoms with Gasteiger partial charge in [0.15, 0.2) is 0 Å². The van der Waals surface area contributed by atoms with Gasteiger partial charge in [0.2, 0.25) is 0 Å². The van der Waals surface area contributed by atoms with E-state index in [1.165, 1.54) is 19.3 Å². The maximum absolute atomic E-state index is 10.0. The Hall–Kier alpha value is -0.160. The van der Waals surface area contributed by atoms with Crippen LogP contribution in [0.15, 0.2) is 0 Å². The molecule has 2 aliphatic rings. The maximum Gasteiger partial charge on any atom is 0.0900 e. The van der Waals surface area contributed by atoms with Gasteiger partial charge in [-0.25, -0.2) is 0 Å². The van der Waals surface area contributed by atoms with Crippen LogP contribution in [0.2, 0.25) is 0 Å². The molecule has 106 valence electrons. The smallest absolute Gasteiger partial charge is 0.0900 e. The van der Waals surface area contributed by atoms with E-state index < -0.39 is 0 Å². The van der Waals surface area contributed by atoms with E-state index in [2.05, 4.69) is 4.90 Å². The van der Waals surface area contributed by atoms with E-state index in [-0.39, 0.29) is 12.2 Å². The molecular weight excluding hydrogens is 230 g/mol. The van der Waals surface area contributed by atoms with Gasteiger partial charge in [-0.15, -0.1) is 0 Å². The van der Waals surface area contributed by atoms with E-state index in [1.807, 2.05) is 13.8 Å². The molecule has 0 aromatic carbocycles. The topological polar surface area (TPSA) is 41.9 Å². The Balaban J connectivity index is 1.71. The van der Waals surface area contributed by atoms with Crippen LogP contribution in [-0.4, -0.2) is 61.2 Å². The van der Waals surface area contributed by atoms with E-state index in [0.29, 0.717) is 18.6 Å². The zero-order valence-corrected chi connectivity index (χ0v) is 11.7. The molecule has 0 spiro atoms. The highest BCUT2D eigenvalue weighted by molar-refractivity contribution is 4.87. The summed E-state index contributed by atoms with van der Waals surface area (Å²) in [7, 11) is 0. The number of ether oxygens (including phenoxy) is 2. The third kappa shape index (κ3) is 4.84. The molecule has 1 aliphatic carbocycles. The van der Waals surface area contributed by atoms with Gasteiger partial charge in [-0.1, -0.05) is 0 Å². The first kappa shape index (κ1) is 14.3. The van der Waals surface area contributed by atoms with Crippen molar-refractivity contribution in [1.82, 2.24) is 4.90 Å². The first-order valence-electron chi connectivity index (χ1n) is 7.26. The molecule has 1 saturated carbocycles. The van der Waals surface area contributed by atoms with Crippen LogP contribution in [0.3, 0.4) is 0 Å². The molecule has 2 fully saturated rings. The van der Waals surface area contributed by atoms with Crippen molar-refractivity contribution >= 4 is 0 Å². The van der Waals surface area contributed by atoms with Gasteiger partial charge in [-0.05, 0) is 39.0 Å². The second kappa shape index (κ2) is 6.85. The van der Waals surface area contributed by atoms with Gasteiger partial charge in [0.1, 0.15) is 0 Å². The fraction of sp³-hybridized carbons (Fsp3) is 1.00. The lowest BCUT2D eigenvalue weighted by molar-refractivity contribution is -0.0116. The Morgan fingerprint density at radius 1 is 1.33 bits per heavy atom. The molecule has 1 aliphatic heterocycles. The first-order chi connectivity index (χ1) is 8.65. The van der Waals surface area contributed by atoms with Crippen molar-refractivity contribution in [2.75, 3.05) is 32.9 Å². The zero-order valence-electron chi connectivity index (χ0n) is 11.7. The highest BCUT2D eigenvalue weighted by Gasteiger charge is 2.32. The molecule has 2 unspecified atom stereocenters. The highest BCUT2D eigenvalue weighted by atomic mass is 16.5. The summed E-state index contributed by atoms with van der Waals surface area (Å²) in [6.45, 7) is 8.06. The van der Waals surface area contributed by atoms with Crippen molar-refractivity contribution in [2.45, 2.75) is 51.4 Å². The lowest BCUT2D eigenvalue weighted by atomic mass is 10.1. The minimum atomic E-state index is -0.365. The molecule has 1 heterocycles. The molecule has 1 saturated heterocycles. The number of hydrogen-bond donors (Lipinski definition) is 1. The average Bonchev–Trinajstić information content (AvgIpc) is 3.05. The molecule has 2 rings (SSSR count). The quantitative estimate of drug-likeness (QED) is 0.711. The highest BCUT2D eigenvalue weighted by Crippen LogP contribution is 2.29. The molecule has 0 radical (unpaired) electrons. The summed E-state index contributed by atoms with van der Waals surface area (Å²) in [6.07, 6.45) is 3.56. The zero-order chi connectivity index (χ0) is 13.0. The summed E-state index contributed by atoms with van der Waals surface area (Å²) < 4.78 is 10.9. The van der Waals surface area contributed by atoms with Gasteiger partial charge < -0.3 is 14.6 Å². The van der Waals surface area contributed by atoms with Gasteiger partial charge in [0.05, 0.1) is 25.4 Å². The van der Waals surface area contributed by atoms with Crippen molar-refractivity contribution in [3.8, 4) is 0 Å². The van der Waals surface area contributed by atoms with Crippen LogP contribution >= 0.6 is 0 Å². The lowest BCUT2D eigenvalue weighted by Crippen LogP contribution is -2.39. The molecule has 4 nitrogen and oxygen atoms in total. The molecule has 4 heteroatoms. The lowest BCUT2D eigenvalue weighted by Gasteiger charge is -2.27. The standard InChI is InChI=1S/C14H27NO3/c1-11(2)18-10-14(16)8-15(13-3-4-13)7-12-5-6-17-9-12/h11-14,16H,3-10H2,1-2H3. The van der Waals surface area contributed by atoms with Crippen LogP contribution in [0.5, 0.6) is 0 Å². The Morgan fingerprint density at radius 2 is 2.11 bits per heavy atom. The molecule has 0 aromatic rings. The summed E-state index contributed by atoms with van der Waals surface area (Å²) in [4.78, 5) is 2.44. The molecule has 0 bridgehead atoms. The number of aliphatic hydroxyl groups excluding tert-OH is 1. The Labute approximate surface area is 110 Å². The second-order valence-electron chi connectivity index (χ2n) is 5.95. The third-order valence-corrected chi connectivity index (χ3v) is 3.65. The van der Waals surface area contributed by atoms with E-state index in [1.54, 1.807) is 0 Å². The van der Waals surface area contributed by atoms with Gasteiger partial charge in [-0.2, -0.15) is 0 Å². The Morgan fingerprint density at radius 3 is 2.67 bits per heavy atom.